The van der Waals surface area contributed by atoms with E-state index in [0.29, 0.717) is 28.6 Å². The molecule has 3 N–H and O–H groups in total. The summed E-state index contributed by atoms with van der Waals surface area (Å²) in [6.07, 6.45) is 3.34. The smallest absolute Gasteiger partial charge is 0.274 e. The number of carbonyl (C=O) groups excluding carboxylic acids is 1. The number of benzene rings is 1. The fraction of sp³-hybridized carbons (Fsp3) is 0.238. The standard InChI is InChI=1S/C21H22N6O3/c1-13-7-8-14(23-20-25-19(30-26-20)21(2,3)12-28)10-15(13)24-18(29)16-11-22-17-6-4-5-9-27(16)17/h4-11,28H,12H2,1-3H3,(H,23,26)(H,24,29). The highest BCUT2D eigenvalue weighted by molar-refractivity contribution is 6.04. The molecule has 0 saturated carbocycles. The summed E-state index contributed by atoms with van der Waals surface area (Å²) in [4.78, 5) is 21.3. The molecule has 3 aromatic heterocycles. The zero-order valence-electron chi connectivity index (χ0n) is 16.9. The number of anilines is 3. The number of aliphatic hydroxyl groups is 1. The number of imidazole rings is 1. The van der Waals surface area contributed by atoms with Gasteiger partial charge in [0.15, 0.2) is 0 Å². The van der Waals surface area contributed by atoms with Crippen LogP contribution < -0.4 is 10.6 Å². The van der Waals surface area contributed by atoms with Crippen molar-refractivity contribution in [3.05, 3.63) is 65.9 Å². The number of aromatic nitrogens is 4. The van der Waals surface area contributed by atoms with Crippen LogP contribution in [-0.2, 0) is 5.41 Å². The molecule has 0 unspecified atom stereocenters. The molecule has 0 radical (unpaired) electrons. The van der Waals surface area contributed by atoms with Crippen LogP contribution in [0.4, 0.5) is 17.3 Å². The molecule has 3 heterocycles. The number of nitrogens with zero attached hydrogens (tertiary/aromatic N) is 4. The lowest BCUT2D eigenvalue weighted by atomic mass is 9.95. The van der Waals surface area contributed by atoms with E-state index < -0.39 is 5.41 Å². The van der Waals surface area contributed by atoms with Crippen LogP contribution in [-0.4, -0.2) is 37.1 Å². The first-order valence-electron chi connectivity index (χ1n) is 9.43. The number of rotatable bonds is 6. The molecule has 0 aliphatic rings. The van der Waals surface area contributed by atoms with Crippen molar-refractivity contribution in [2.45, 2.75) is 26.2 Å². The van der Waals surface area contributed by atoms with E-state index in [9.17, 15) is 9.90 Å². The first-order valence-corrected chi connectivity index (χ1v) is 9.43. The van der Waals surface area contributed by atoms with Gasteiger partial charge in [0.25, 0.3) is 11.9 Å². The summed E-state index contributed by atoms with van der Waals surface area (Å²) in [5.74, 6) is 0.343. The number of nitrogens with one attached hydrogen (secondary N) is 2. The normalized spacial score (nSPS) is 11.6. The molecule has 1 amide bonds. The summed E-state index contributed by atoms with van der Waals surface area (Å²) in [5.41, 5.74) is 2.75. The van der Waals surface area contributed by atoms with Gasteiger partial charge < -0.3 is 20.3 Å². The molecule has 0 fully saturated rings. The number of hydrogen-bond acceptors (Lipinski definition) is 7. The van der Waals surface area contributed by atoms with Crippen LogP contribution in [0.5, 0.6) is 0 Å². The zero-order valence-corrected chi connectivity index (χ0v) is 16.9. The topological polar surface area (TPSA) is 118 Å². The summed E-state index contributed by atoms with van der Waals surface area (Å²) in [6, 6.07) is 11.1. The van der Waals surface area contributed by atoms with Crippen LogP contribution in [0, 0.1) is 6.92 Å². The van der Waals surface area contributed by atoms with Gasteiger partial charge in [-0.1, -0.05) is 12.1 Å². The highest BCUT2D eigenvalue weighted by Gasteiger charge is 2.27. The minimum atomic E-state index is -0.632. The monoisotopic (exact) mass is 406 g/mol. The number of pyridine rings is 1. The second-order valence-electron chi connectivity index (χ2n) is 7.65. The largest absolute Gasteiger partial charge is 0.395 e. The Kier molecular flexibility index (Phi) is 4.96. The van der Waals surface area contributed by atoms with E-state index in [1.54, 1.807) is 22.9 Å². The summed E-state index contributed by atoms with van der Waals surface area (Å²) in [6.45, 7) is 5.41. The third-order valence-electron chi connectivity index (χ3n) is 4.79. The Morgan fingerprint density at radius 1 is 1.27 bits per heavy atom. The average molecular weight is 406 g/mol. The highest BCUT2D eigenvalue weighted by atomic mass is 16.5. The van der Waals surface area contributed by atoms with Crippen molar-refractivity contribution in [3.63, 3.8) is 0 Å². The Bertz CT molecular complexity index is 1210. The fourth-order valence-electron chi connectivity index (χ4n) is 2.87. The lowest BCUT2D eigenvalue weighted by Crippen LogP contribution is -2.22. The quantitative estimate of drug-likeness (QED) is 0.450. The second kappa shape index (κ2) is 7.60. The number of amides is 1. The maximum atomic E-state index is 12.8. The van der Waals surface area contributed by atoms with Crippen molar-refractivity contribution in [1.29, 1.82) is 0 Å². The number of hydrogen-bond donors (Lipinski definition) is 3. The first-order chi connectivity index (χ1) is 14.4. The molecule has 0 aliphatic carbocycles. The second-order valence-corrected chi connectivity index (χ2v) is 7.65. The minimum absolute atomic E-state index is 0.112. The van der Waals surface area contributed by atoms with E-state index in [1.807, 2.05) is 51.1 Å². The number of aryl methyl sites for hydroxylation is 1. The van der Waals surface area contributed by atoms with Crippen molar-refractivity contribution >= 4 is 28.9 Å². The Balaban J connectivity index is 1.54. The van der Waals surface area contributed by atoms with Crippen molar-refractivity contribution in [3.8, 4) is 0 Å². The van der Waals surface area contributed by atoms with E-state index in [4.69, 9.17) is 4.52 Å². The molecular weight excluding hydrogens is 384 g/mol. The predicted octanol–water partition coefficient (Wildman–Crippen LogP) is 3.29. The highest BCUT2D eigenvalue weighted by Crippen LogP contribution is 2.25. The van der Waals surface area contributed by atoms with E-state index >= 15 is 0 Å². The average Bonchev–Trinajstić information content (AvgIpc) is 3.38. The lowest BCUT2D eigenvalue weighted by molar-refractivity contribution is 0.102. The van der Waals surface area contributed by atoms with Gasteiger partial charge in [0.1, 0.15) is 11.3 Å². The maximum absolute atomic E-state index is 12.8. The van der Waals surface area contributed by atoms with E-state index in [1.165, 1.54) is 0 Å². The van der Waals surface area contributed by atoms with Crippen molar-refractivity contribution in [2.24, 2.45) is 0 Å². The molecule has 0 saturated heterocycles. The summed E-state index contributed by atoms with van der Waals surface area (Å²) < 4.78 is 6.97. The zero-order chi connectivity index (χ0) is 21.3. The van der Waals surface area contributed by atoms with Crippen molar-refractivity contribution in [2.75, 3.05) is 17.2 Å². The van der Waals surface area contributed by atoms with Crippen LogP contribution in [0.3, 0.4) is 0 Å². The molecule has 9 nitrogen and oxygen atoms in total. The molecule has 154 valence electrons. The van der Waals surface area contributed by atoms with Crippen LogP contribution in [0.25, 0.3) is 5.65 Å². The predicted molar refractivity (Wildman–Crippen MR) is 112 cm³/mol. The fourth-order valence-corrected chi connectivity index (χ4v) is 2.87. The van der Waals surface area contributed by atoms with Gasteiger partial charge >= 0.3 is 0 Å². The molecule has 1 aromatic carbocycles. The summed E-state index contributed by atoms with van der Waals surface area (Å²) >= 11 is 0. The van der Waals surface area contributed by atoms with Gasteiger partial charge in [-0.25, -0.2) is 4.98 Å². The SMILES string of the molecule is Cc1ccc(Nc2noc(C(C)(C)CO)n2)cc1NC(=O)c1cnc2ccccn12. The summed E-state index contributed by atoms with van der Waals surface area (Å²) in [5, 5.41) is 19.3. The number of fused-ring (bicyclic) bond motifs is 1. The van der Waals surface area contributed by atoms with E-state index in [-0.39, 0.29) is 18.5 Å². The van der Waals surface area contributed by atoms with Gasteiger partial charge in [-0.3, -0.25) is 9.20 Å². The first kappa shape index (κ1) is 19.6. The molecule has 0 bridgehead atoms. The van der Waals surface area contributed by atoms with Gasteiger partial charge in [0.05, 0.1) is 18.2 Å². The van der Waals surface area contributed by atoms with Gasteiger partial charge in [0.2, 0.25) is 5.89 Å². The van der Waals surface area contributed by atoms with Crippen LogP contribution in [0.2, 0.25) is 0 Å². The van der Waals surface area contributed by atoms with E-state index in [0.717, 1.165) is 5.56 Å². The van der Waals surface area contributed by atoms with Gasteiger partial charge in [-0.2, -0.15) is 4.98 Å². The van der Waals surface area contributed by atoms with Crippen LogP contribution in [0.1, 0.15) is 35.8 Å². The van der Waals surface area contributed by atoms with Crippen LogP contribution in [0.15, 0.2) is 53.3 Å². The lowest BCUT2D eigenvalue weighted by Gasteiger charge is -2.14. The Morgan fingerprint density at radius 3 is 2.90 bits per heavy atom. The van der Waals surface area contributed by atoms with Gasteiger partial charge in [0, 0.05) is 17.6 Å². The molecule has 4 rings (SSSR count). The molecule has 9 heteroatoms. The van der Waals surface area contributed by atoms with Crippen molar-refractivity contribution in [1.82, 2.24) is 19.5 Å². The van der Waals surface area contributed by atoms with E-state index in [2.05, 4.69) is 25.8 Å². The minimum Gasteiger partial charge on any atom is -0.395 e. The molecule has 0 aliphatic heterocycles. The Labute approximate surface area is 172 Å². The molecule has 4 aromatic rings. The summed E-state index contributed by atoms with van der Waals surface area (Å²) in [7, 11) is 0. The Morgan fingerprint density at radius 2 is 2.10 bits per heavy atom. The molecule has 0 atom stereocenters. The molecule has 30 heavy (non-hydrogen) atoms. The molecule has 0 spiro atoms. The third kappa shape index (κ3) is 3.74. The number of carbonyl (C=O) groups is 1. The Hall–Kier alpha value is -3.72. The van der Waals surface area contributed by atoms with Crippen molar-refractivity contribution < 1.29 is 14.4 Å². The maximum Gasteiger partial charge on any atom is 0.274 e. The third-order valence-corrected chi connectivity index (χ3v) is 4.79. The van der Waals surface area contributed by atoms with Gasteiger partial charge in [-0.15, -0.1) is 0 Å². The number of aliphatic hydroxyl groups excluding tert-OH is 1. The van der Waals surface area contributed by atoms with Gasteiger partial charge in [-0.05, 0) is 55.8 Å². The van der Waals surface area contributed by atoms with Crippen LogP contribution >= 0.6 is 0 Å². The molecular formula is C21H22N6O3.